The summed E-state index contributed by atoms with van der Waals surface area (Å²) >= 11 is 0. The molecule has 1 saturated heterocycles. The van der Waals surface area contributed by atoms with Gasteiger partial charge in [0.2, 0.25) is 0 Å². The molecule has 0 aromatic heterocycles. The lowest BCUT2D eigenvalue weighted by Gasteiger charge is -2.37. The van der Waals surface area contributed by atoms with Crippen molar-refractivity contribution in [3.05, 3.63) is 65.5 Å². The van der Waals surface area contributed by atoms with Crippen molar-refractivity contribution in [3.63, 3.8) is 0 Å². The molecule has 3 aliphatic heterocycles. The Kier molecular flexibility index (Phi) is 4.26. The van der Waals surface area contributed by atoms with Crippen LogP contribution in [-0.2, 0) is 4.79 Å². The summed E-state index contributed by atoms with van der Waals surface area (Å²) in [5.74, 6) is 0.247. The van der Waals surface area contributed by atoms with Crippen LogP contribution in [0.5, 0.6) is 0 Å². The third-order valence-corrected chi connectivity index (χ3v) is 6.17. The van der Waals surface area contributed by atoms with Crippen LogP contribution in [-0.4, -0.2) is 47.7 Å². The van der Waals surface area contributed by atoms with Crippen molar-refractivity contribution in [2.24, 2.45) is 0 Å². The fourth-order valence-corrected chi connectivity index (χ4v) is 4.74. The molecule has 5 heteroatoms. The van der Waals surface area contributed by atoms with Gasteiger partial charge < -0.3 is 15.1 Å². The molecule has 4 rings (SSSR count). The summed E-state index contributed by atoms with van der Waals surface area (Å²) in [4.78, 5) is 16.9. The molecule has 3 aliphatic rings. The Hall–Kier alpha value is -1.90. The lowest BCUT2D eigenvalue weighted by molar-refractivity contribution is -0.123. The van der Waals surface area contributed by atoms with Gasteiger partial charge in [-0.2, -0.15) is 0 Å². The fraction of sp³-hybridized carbons (Fsp3) is 0.316. The van der Waals surface area contributed by atoms with E-state index in [0.717, 1.165) is 37.2 Å². The quantitative estimate of drug-likeness (QED) is 0.841. The van der Waals surface area contributed by atoms with E-state index in [1.807, 2.05) is 17.2 Å². The Balaban J connectivity index is 1.58. The number of aryl methyl sites for hydroxylation is 1. The Morgan fingerprint density at radius 1 is 1.25 bits per heavy atom. The number of fused-ring (bicyclic) bond motifs is 1. The van der Waals surface area contributed by atoms with E-state index in [-0.39, 0.29) is 11.7 Å². The Bertz CT molecular complexity index is 747. The molecule has 4 nitrogen and oxygen atoms in total. The van der Waals surface area contributed by atoms with Crippen molar-refractivity contribution < 1.29 is 4.79 Å². The normalized spacial score (nSPS) is 24.7. The van der Waals surface area contributed by atoms with Crippen molar-refractivity contribution >= 4 is 19.8 Å². The highest BCUT2D eigenvalue weighted by molar-refractivity contribution is 7.51. The van der Waals surface area contributed by atoms with E-state index in [0.29, 0.717) is 8.58 Å². The summed E-state index contributed by atoms with van der Waals surface area (Å²) in [6.07, 6.45) is 8.23. The summed E-state index contributed by atoms with van der Waals surface area (Å²) in [5, 5.41) is 4.53. The number of carbonyl (C=O) groups is 1. The Morgan fingerprint density at radius 3 is 2.88 bits per heavy atom. The predicted molar refractivity (Wildman–Crippen MR) is 99.8 cm³/mol. The van der Waals surface area contributed by atoms with Crippen LogP contribution in [0.15, 0.2) is 54.4 Å². The van der Waals surface area contributed by atoms with E-state index in [4.69, 9.17) is 0 Å². The zero-order valence-corrected chi connectivity index (χ0v) is 14.8. The van der Waals surface area contributed by atoms with Crippen LogP contribution in [0.3, 0.4) is 0 Å². The predicted octanol–water partition coefficient (Wildman–Crippen LogP) is 2.50. The first-order valence-electron chi connectivity index (χ1n) is 8.44. The first kappa shape index (κ1) is 15.6. The maximum Gasteiger partial charge on any atom is 0.252 e. The van der Waals surface area contributed by atoms with Crippen LogP contribution in [0.2, 0.25) is 0 Å². The number of piperazine rings is 1. The zero-order chi connectivity index (χ0) is 16.5. The van der Waals surface area contributed by atoms with Crippen molar-refractivity contribution in [2.45, 2.75) is 12.7 Å². The molecule has 3 heterocycles. The standard InChI is InChI=1S/C19H22N3OP/c1-14-3-2-4-15(11-14)17-12-18(23)22-13-16(5-6-19(22)24-17)21-9-7-20-8-10-21/h2-6,11-13,19-20,24H,7-10H2,1H3. The van der Waals surface area contributed by atoms with E-state index in [1.165, 1.54) is 11.1 Å². The molecule has 1 aromatic rings. The molecule has 0 radical (unpaired) electrons. The van der Waals surface area contributed by atoms with E-state index in [2.05, 4.69) is 53.6 Å². The van der Waals surface area contributed by atoms with E-state index in [9.17, 15) is 4.79 Å². The van der Waals surface area contributed by atoms with Crippen LogP contribution < -0.4 is 5.32 Å². The molecule has 1 aromatic carbocycles. The van der Waals surface area contributed by atoms with Gasteiger partial charge in [-0.1, -0.05) is 44.5 Å². The zero-order valence-electron chi connectivity index (χ0n) is 13.8. The lowest BCUT2D eigenvalue weighted by atomic mass is 10.1. The van der Waals surface area contributed by atoms with E-state index < -0.39 is 0 Å². The lowest BCUT2D eigenvalue weighted by Crippen LogP contribution is -2.44. The van der Waals surface area contributed by atoms with E-state index in [1.54, 1.807) is 0 Å². The van der Waals surface area contributed by atoms with Gasteiger partial charge in [-0.25, -0.2) is 0 Å². The molecule has 124 valence electrons. The molecule has 0 aliphatic carbocycles. The number of nitrogens with one attached hydrogen (secondary N) is 1. The second-order valence-corrected chi connectivity index (χ2v) is 7.83. The molecule has 0 saturated carbocycles. The van der Waals surface area contributed by atoms with Crippen LogP contribution >= 0.6 is 8.58 Å². The van der Waals surface area contributed by atoms with Gasteiger partial charge in [0.05, 0.1) is 11.5 Å². The number of benzene rings is 1. The Labute approximate surface area is 144 Å². The largest absolute Gasteiger partial charge is 0.368 e. The number of hydrogen-bond donors (Lipinski definition) is 1. The fourth-order valence-electron chi connectivity index (χ4n) is 3.36. The third kappa shape index (κ3) is 3.04. The second-order valence-electron chi connectivity index (χ2n) is 6.41. The minimum Gasteiger partial charge on any atom is -0.368 e. The van der Waals surface area contributed by atoms with Crippen molar-refractivity contribution in [1.29, 1.82) is 0 Å². The minimum absolute atomic E-state index is 0.0900. The maximum absolute atomic E-state index is 12.7. The summed E-state index contributed by atoms with van der Waals surface area (Å²) in [7, 11) is 0.585. The van der Waals surface area contributed by atoms with Gasteiger partial charge in [-0.15, -0.1) is 0 Å². The topological polar surface area (TPSA) is 35.6 Å². The highest BCUT2D eigenvalue weighted by atomic mass is 31.1. The smallest absolute Gasteiger partial charge is 0.252 e. The van der Waals surface area contributed by atoms with Crippen molar-refractivity contribution in [3.8, 4) is 0 Å². The van der Waals surface area contributed by atoms with Crippen LogP contribution in [0, 0.1) is 6.92 Å². The molecule has 0 spiro atoms. The Morgan fingerprint density at radius 2 is 2.08 bits per heavy atom. The van der Waals surface area contributed by atoms with Gasteiger partial charge in [0.25, 0.3) is 5.91 Å². The number of hydrogen-bond acceptors (Lipinski definition) is 3. The number of amides is 1. The van der Waals surface area contributed by atoms with Gasteiger partial charge in [0, 0.05) is 38.5 Å². The molecule has 0 bridgehead atoms. The molecule has 2 unspecified atom stereocenters. The first-order valence-corrected chi connectivity index (χ1v) is 9.52. The average molecular weight is 339 g/mol. The van der Waals surface area contributed by atoms with Crippen LogP contribution in [0.1, 0.15) is 11.1 Å². The number of nitrogens with zero attached hydrogens (tertiary/aromatic N) is 2. The second kappa shape index (κ2) is 6.54. The van der Waals surface area contributed by atoms with Gasteiger partial charge in [0.1, 0.15) is 0 Å². The highest BCUT2D eigenvalue weighted by Crippen LogP contribution is 2.44. The summed E-state index contributed by atoms with van der Waals surface area (Å²) in [5.41, 5.74) is 3.55. The highest BCUT2D eigenvalue weighted by Gasteiger charge is 2.29. The summed E-state index contributed by atoms with van der Waals surface area (Å²) in [6, 6.07) is 8.42. The van der Waals surface area contributed by atoms with Crippen LogP contribution in [0.25, 0.3) is 5.31 Å². The monoisotopic (exact) mass is 339 g/mol. The molecule has 2 atom stereocenters. The molecule has 1 fully saturated rings. The van der Waals surface area contributed by atoms with E-state index >= 15 is 0 Å². The molecule has 1 N–H and O–H groups in total. The van der Waals surface area contributed by atoms with Gasteiger partial charge in [-0.3, -0.25) is 4.79 Å². The van der Waals surface area contributed by atoms with Crippen molar-refractivity contribution in [1.82, 2.24) is 15.1 Å². The average Bonchev–Trinajstić information content (AvgIpc) is 2.62. The number of carbonyl (C=O) groups excluding carboxylic acids is 1. The SMILES string of the molecule is Cc1cccc(C2=CC(=O)N3C=C(N4CCNCC4)C=CC3P2)c1. The minimum atomic E-state index is 0.0900. The van der Waals surface area contributed by atoms with Gasteiger partial charge in [-0.05, 0) is 23.9 Å². The van der Waals surface area contributed by atoms with Gasteiger partial charge >= 0.3 is 0 Å². The third-order valence-electron chi connectivity index (χ3n) is 4.66. The first-order chi connectivity index (χ1) is 11.7. The number of rotatable bonds is 2. The molecule has 24 heavy (non-hydrogen) atoms. The molecular formula is C19H22N3OP. The summed E-state index contributed by atoms with van der Waals surface area (Å²) in [6.45, 7) is 6.08. The molecule has 1 amide bonds. The number of allylic oxidation sites excluding steroid dienone is 1. The summed E-state index contributed by atoms with van der Waals surface area (Å²) < 4.78 is 0. The molecular weight excluding hydrogens is 317 g/mol. The van der Waals surface area contributed by atoms with Crippen molar-refractivity contribution in [2.75, 3.05) is 26.2 Å². The maximum atomic E-state index is 12.7. The van der Waals surface area contributed by atoms with Crippen LogP contribution in [0.4, 0.5) is 0 Å². The van der Waals surface area contributed by atoms with Gasteiger partial charge in [0.15, 0.2) is 0 Å².